The van der Waals surface area contributed by atoms with Gasteiger partial charge in [0.25, 0.3) is 5.89 Å². The van der Waals surface area contributed by atoms with E-state index in [9.17, 15) is 5.11 Å². The number of para-hydroxylation sites is 1. The molecule has 3 rings (SSSR count). The van der Waals surface area contributed by atoms with E-state index in [4.69, 9.17) is 9.26 Å². The minimum absolute atomic E-state index is 0.122. The summed E-state index contributed by atoms with van der Waals surface area (Å²) in [5, 5.41) is 13.7. The van der Waals surface area contributed by atoms with E-state index in [2.05, 4.69) is 10.1 Å². The van der Waals surface area contributed by atoms with Crippen LogP contribution in [0, 0.1) is 0 Å². The molecule has 3 aromatic rings. The van der Waals surface area contributed by atoms with Gasteiger partial charge in [-0.15, -0.1) is 0 Å². The Bertz CT molecular complexity index is 735. The molecule has 0 saturated heterocycles. The van der Waals surface area contributed by atoms with Gasteiger partial charge in [-0.2, -0.15) is 4.98 Å². The topological polar surface area (TPSA) is 68.4 Å². The highest BCUT2D eigenvalue weighted by molar-refractivity contribution is 5.61. The first kappa shape index (κ1) is 13.2. The number of hydrogen-bond donors (Lipinski definition) is 1. The first-order chi connectivity index (χ1) is 10.3. The highest BCUT2D eigenvalue weighted by Crippen LogP contribution is 2.27. The number of phenols is 1. The van der Waals surface area contributed by atoms with Crippen LogP contribution in [-0.4, -0.2) is 22.4 Å². The van der Waals surface area contributed by atoms with E-state index >= 15 is 0 Å². The first-order valence-corrected chi connectivity index (χ1v) is 6.50. The molecule has 0 aliphatic carbocycles. The second kappa shape index (κ2) is 5.66. The zero-order chi connectivity index (χ0) is 14.7. The van der Waals surface area contributed by atoms with Crippen molar-refractivity contribution in [1.29, 1.82) is 0 Å². The zero-order valence-electron chi connectivity index (χ0n) is 11.5. The summed E-state index contributed by atoms with van der Waals surface area (Å²) >= 11 is 0. The van der Waals surface area contributed by atoms with Crippen LogP contribution in [0.25, 0.3) is 11.5 Å². The molecule has 0 aliphatic rings. The van der Waals surface area contributed by atoms with Gasteiger partial charge in [0.1, 0.15) is 11.5 Å². The van der Waals surface area contributed by atoms with E-state index in [1.54, 1.807) is 25.3 Å². The van der Waals surface area contributed by atoms with E-state index in [1.807, 2.05) is 30.3 Å². The minimum Gasteiger partial charge on any atom is -0.507 e. The van der Waals surface area contributed by atoms with Crippen LogP contribution in [0.4, 0.5) is 0 Å². The number of methoxy groups -OCH3 is 1. The SMILES string of the molecule is COc1ccc(Cc2noc(-c3ccccc3O)n2)cc1. The van der Waals surface area contributed by atoms with E-state index in [0.717, 1.165) is 11.3 Å². The lowest BCUT2D eigenvalue weighted by Crippen LogP contribution is -1.91. The lowest BCUT2D eigenvalue weighted by Gasteiger charge is -2.00. The quantitative estimate of drug-likeness (QED) is 0.796. The van der Waals surface area contributed by atoms with Crippen molar-refractivity contribution < 1.29 is 14.4 Å². The maximum atomic E-state index is 9.78. The number of aromatic nitrogens is 2. The second-order valence-corrected chi connectivity index (χ2v) is 4.56. The number of aromatic hydroxyl groups is 1. The molecule has 0 spiro atoms. The summed E-state index contributed by atoms with van der Waals surface area (Å²) in [6.07, 6.45) is 0.557. The second-order valence-electron chi connectivity index (χ2n) is 4.56. The number of ether oxygens (including phenoxy) is 1. The third kappa shape index (κ3) is 2.86. The highest BCUT2D eigenvalue weighted by Gasteiger charge is 2.12. The minimum atomic E-state index is 0.122. The van der Waals surface area contributed by atoms with Crippen LogP contribution in [0.5, 0.6) is 11.5 Å². The third-order valence-electron chi connectivity index (χ3n) is 3.12. The molecule has 1 N–H and O–H groups in total. The van der Waals surface area contributed by atoms with Crippen LogP contribution in [0.15, 0.2) is 53.1 Å². The fourth-order valence-corrected chi connectivity index (χ4v) is 2.02. The summed E-state index contributed by atoms with van der Waals surface area (Å²) in [5.41, 5.74) is 1.59. The summed E-state index contributed by atoms with van der Waals surface area (Å²) in [7, 11) is 1.63. The molecule has 0 radical (unpaired) electrons. The van der Waals surface area contributed by atoms with Crippen LogP contribution in [0.3, 0.4) is 0 Å². The maximum Gasteiger partial charge on any atom is 0.261 e. The Hall–Kier alpha value is -2.82. The number of benzene rings is 2. The van der Waals surface area contributed by atoms with Crippen molar-refractivity contribution in [2.75, 3.05) is 7.11 Å². The number of hydrogen-bond acceptors (Lipinski definition) is 5. The molecule has 0 bridgehead atoms. The van der Waals surface area contributed by atoms with E-state index < -0.39 is 0 Å². The van der Waals surface area contributed by atoms with Crippen molar-refractivity contribution in [2.24, 2.45) is 0 Å². The molecule has 1 aromatic heterocycles. The average molecular weight is 282 g/mol. The first-order valence-electron chi connectivity index (χ1n) is 6.50. The van der Waals surface area contributed by atoms with E-state index in [-0.39, 0.29) is 5.75 Å². The van der Waals surface area contributed by atoms with Crippen LogP contribution in [0.1, 0.15) is 11.4 Å². The molecule has 0 aliphatic heterocycles. The molecule has 5 nitrogen and oxygen atoms in total. The Morgan fingerprint density at radius 1 is 1.10 bits per heavy atom. The van der Waals surface area contributed by atoms with E-state index in [0.29, 0.717) is 23.7 Å². The summed E-state index contributed by atoms with van der Waals surface area (Å²) in [5.74, 6) is 1.81. The zero-order valence-corrected chi connectivity index (χ0v) is 11.5. The molecule has 21 heavy (non-hydrogen) atoms. The van der Waals surface area contributed by atoms with Crippen LogP contribution in [0.2, 0.25) is 0 Å². The number of rotatable bonds is 4. The van der Waals surface area contributed by atoms with Crippen molar-refractivity contribution in [3.05, 3.63) is 59.9 Å². The summed E-state index contributed by atoms with van der Waals surface area (Å²) < 4.78 is 10.3. The van der Waals surface area contributed by atoms with Gasteiger partial charge >= 0.3 is 0 Å². The Balaban J connectivity index is 1.80. The molecular formula is C16H14N2O3. The van der Waals surface area contributed by atoms with Gasteiger partial charge in [-0.05, 0) is 29.8 Å². The van der Waals surface area contributed by atoms with Gasteiger partial charge in [-0.1, -0.05) is 29.4 Å². The van der Waals surface area contributed by atoms with Crippen molar-refractivity contribution in [3.8, 4) is 23.0 Å². The highest BCUT2D eigenvalue weighted by atomic mass is 16.5. The summed E-state index contributed by atoms with van der Waals surface area (Å²) in [4.78, 5) is 4.31. The van der Waals surface area contributed by atoms with Crippen LogP contribution >= 0.6 is 0 Å². The van der Waals surface area contributed by atoms with Gasteiger partial charge in [0.05, 0.1) is 12.7 Å². The molecule has 106 valence electrons. The van der Waals surface area contributed by atoms with Crippen molar-refractivity contribution in [3.63, 3.8) is 0 Å². The molecular weight excluding hydrogens is 268 g/mol. The monoisotopic (exact) mass is 282 g/mol. The molecule has 0 unspecified atom stereocenters. The van der Waals surface area contributed by atoms with Crippen LogP contribution < -0.4 is 4.74 Å². The Kier molecular flexibility index (Phi) is 3.55. The summed E-state index contributed by atoms with van der Waals surface area (Å²) in [6, 6.07) is 14.6. The van der Waals surface area contributed by atoms with Gasteiger partial charge in [0.15, 0.2) is 5.82 Å². The van der Waals surface area contributed by atoms with Gasteiger partial charge < -0.3 is 14.4 Å². The lowest BCUT2D eigenvalue weighted by atomic mass is 10.1. The van der Waals surface area contributed by atoms with Gasteiger partial charge in [0.2, 0.25) is 0 Å². The number of phenolic OH excluding ortho intramolecular Hbond substituents is 1. The normalized spacial score (nSPS) is 10.5. The molecule has 0 atom stereocenters. The molecule has 0 saturated carbocycles. The number of nitrogens with zero attached hydrogens (tertiary/aromatic N) is 2. The van der Waals surface area contributed by atoms with Crippen molar-refractivity contribution in [1.82, 2.24) is 10.1 Å². The van der Waals surface area contributed by atoms with Crippen molar-refractivity contribution in [2.45, 2.75) is 6.42 Å². The predicted octanol–water partition coefficient (Wildman–Crippen LogP) is 3.04. The molecule has 0 amide bonds. The Morgan fingerprint density at radius 2 is 1.86 bits per heavy atom. The largest absolute Gasteiger partial charge is 0.507 e. The Labute approximate surface area is 121 Å². The standard InChI is InChI=1S/C16H14N2O3/c1-20-12-8-6-11(7-9-12)10-15-17-16(21-18-15)13-4-2-3-5-14(13)19/h2-9,19H,10H2,1H3. The molecule has 1 heterocycles. The third-order valence-corrected chi connectivity index (χ3v) is 3.12. The maximum absolute atomic E-state index is 9.78. The smallest absolute Gasteiger partial charge is 0.261 e. The van der Waals surface area contributed by atoms with Gasteiger partial charge in [-0.3, -0.25) is 0 Å². The predicted molar refractivity (Wildman–Crippen MR) is 77.2 cm³/mol. The molecule has 2 aromatic carbocycles. The fourth-order valence-electron chi connectivity index (χ4n) is 2.02. The Morgan fingerprint density at radius 3 is 2.57 bits per heavy atom. The average Bonchev–Trinajstić information content (AvgIpc) is 2.97. The molecule has 5 heteroatoms. The fraction of sp³-hybridized carbons (Fsp3) is 0.125. The van der Waals surface area contributed by atoms with Gasteiger partial charge in [0, 0.05) is 6.42 Å². The summed E-state index contributed by atoms with van der Waals surface area (Å²) in [6.45, 7) is 0. The van der Waals surface area contributed by atoms with E-state index in [1.165, 1.54) is 0 Å². The van der Waals surface area contributed by atoms with Crippen LogP contribution in [-0.2, 0) is 6.42 Å². The van der Waals surface area contributed by atoms with Crippen molar-refractivity contribution >= 4 is 0 Å². The lowest BCUT2D eigenvalue weighted by molar-refractivity contribution is 0.414. The van der Waals surface area contributed by atoms with Gasteiger partial charge in [-0.25, -0.2) is 0 Å². The molecule has 0 fully saturated rings.